The van der Waals surface area contributed by atoms with Crippen molar-refractivity contribution in [3.05, 3.63) is 0 Å². The molecule has 0 aromatic carbocycles. The number of ether oxygens (including phenoxy) is 4. The van der Waals surface area contributed by atoms with Crippen molar-refractivity contribution in [1.82, 2.24) is 0 Å². The Morgan fingerprint density at radius 2 is 0.539 bits per heavy atom. The van der Waals surface area contributed by atoms with Gasteiger partial charge in [0.2, 0.25) is 0 Å². The molecule has 3 unspecified atom stereocenters. The summed E-state index contributed by atoms with van der Waals surface area (Å²) in [6.07, 6.45) is 49.9. The summed E-state index contributed by atoms with van der Waals surface area (Å²) in [5, 5.41) is 10.6. The molecular weight excluding hydrogens is 1170 g/mol. The van der Waals surface area contributed by atoms with Gasteiger partial charge in [-0.3, -0.25) is 37.3 Å². The van der Waals surface area contributed by atoms with Crippen LogP contribution in [0.25, 0.3) is 0 Å². The van der Waals surface area contributed by atoms with Crippen LogP contribution in [0.4, 0.5) is 0 Å². The highest BCUT2D eigenvalue weighted by Crippen LogP contribution is 2.45. The van der Waals surface area contributed by atoms with Crippen LogP contribution in [0, 0.1) is 5.92 Å². The number of phosphoric ester groups is 2. The lowest BCUT2D eigenvalue weighted by Gasteiger charge is -2.21. The minimum atomic E-state index is -4.95. The summed E-state index contributed by atoms with van der Waals surface area (Å²) < 4.78 is 68.2. The van der Waals surface area contributed by atoms with Gasteiger partial charge >= 0.3 is 39.5 Å². The quantitative estimate of drug-likeness (QED) is 0.0222. The lowest BCUT2D eigenvalue weighted by molar-refractivity contribution is -0.161. The van der Waals surface area contributed by atoms with Crippen LogP contribution in [0.15, 0.2) is 0 Å². The summed E-state index contributed by atoms with van der Waals surface area (Å²) in [6.45, 7) is 7.26. The van der Waals surface area contributed by atoms with E-state index in [1.165, 1.54) is 173 Å². The Hall–Kier alpha value is -1.94. The molecule has 528 valence electrons. The molecule has 0 spiro atoms. The van der Waals surface area contributed by atoms with Gasteiger partial charge in [0.1, 0.15) is 19.3 Å². The molecule has 0 aliphatic rings. The second-order valence-electron chi connectivity index (χ2n) is 25.5. The van der Waals surface area contributed by atoms with Crippen LogP contribution in [-0.4, -0.2) is 96.7 Å². The summed E-state index contributed by atoms with van der Waals surface area (Å²) >= 11 is 0. The van der Waals surface area contributed by atoms with Crippen molar-refractivity contribution in [2.45, 2.75) is 380 Å². The van der Waals surface area contributed by atoms with Gasteiger partial charge in [0, 0.05) is 25.7 Å². The van der Waals surface area contributed by atoms with Crippen molar-refractivity contribution < 1.29 is 80.2 Å². The zero-order chi connectivity index (χ0) is 65.6. The number of hydrogen-bond donors (Lipinski definition) is 3. The van der Waals surface area contributed by atoms with E-state index in [0.29, 0.717) is 25.7 Å². The number of hydrogen-bond acceptors (Lipinski definition) is 15. The van der Waals surface area contributed by atoms with Crippen LogP contribution in [0.5, 0.6) is 0 Å². The average molecular weight is 1310 g/mol. The Bertz CT molecular complexity index is 1720. The van der Waals surface area contributed by atoms with E-state index in [4.69, 9.17) is 37.0 Å². The molecule has 0 heterocycles. The van der Waals surface area contributed by atoms with Gasteiger partial charge in [-0.2, -0.15) is 0 Å². The molecule has 0 aliphatic heterocycles. The molecule has 0 saturated heterocycles. The maximum absolute atomic E-state index is 13.0. The highest BCUT2D eigenvalue weighted by atomic mass is 31.2. The summed E-state index contributed by atoms with van der Waals surface area (Å²) in [7, 11) is -9.89. The van der Waals surface area contributed by atoms with Gasteiger partial charge in [-0.1, -0.05) is 311 Å². The lowest BCUT2D eigenvalue weighted by Crippen LogP contribution is -2.30. The van der Waals surface area contributed by atoms with E-state index in [0.717, 1.165) is 109 Å². The summed E-state index contributed by atoms with van der Waals surface area (Å²) in [4.78, 5) is 72.4. The molecule has 0 aromatic heterocycles. The largest absolute Gasteiger partial charge is 0.472 e. The molecule has 0 radical (unpaired) electrons. The Labute approximate surface area is 543 Å². The Morgan fingerprint density at radius 3 is 0.798 bits per heavy atom. The van der Waals surface area contributed by atoms with Crippen LogP contribution in [0.3, 0.4) is 0 Å². The van der Waals surface area contributed by atoms with E-state index in [1.807, 2.05) is 0 Å². The van der Waals surface area contributed by atoms with E-state index in [2.05, 4.69) is 34.6 Å². The number of phosphoric acid groups is 2. The highest BCUT2D eigenvalue weighted by Gasteiger charge is 2.30. The van der Waals surface area contributed by atoms with Gasteiger partial charge in [0.05, 0.1) is 26.4 Å². The molecular formula is C70H136O17P2. The second-order valence-corrected chi connectivity index (χ2v) is 28.4. The number of carbonyl (C=O) groups excluding carboxylic acids is 4. The molecule has 19 heteroatoms. The minimum absolute atomic E-state index is 0.107. The van der Waals surface area contributed by atoms with Gasteiger partial charge in [-0.15, -0.1) is 0 Å². The van der Waals surface area contributed by atoms with Gasteiger partial charge in [0.25, 0.3) is 0 Å². The van der Waals surface area contributed by atoms with E-state index in [9.17, 15) is 43.2 Å². The standard InChI is InChI=1S/C70H136O17P2/c1-6-10-13-16-19-21-23-30-34-39-44-49-54-68(73)81-60-66(87-70(75)56-51-46-41-36-32-28-26-25-27-29-33-38-42-47-52-63(5)9-4)62-85-89(78,79)83-58-64(71)57-82-88(76,77)84-61-65(59-80-67(72)53-48-43-37-18-15-12-8-3)86-69(74)55-50-45-40-35-31-24-22-20-17-14-11-7-2/h63-66,71H,6-62H2,1-5H3,(H,76,77)(H,78,79)/t63?,64-,65+,66+/m0/s1. The fourth-order valence-corrected chi connectivity index (χ4v) is 12.2. The SMILES string of the molecule is CCCCCCCCCCCCCCC(=O)OC[C@H](COP(=O)(O)OC[C@@H](O)COP(=O)(O)OC[C@@H](COC(=O)CCCCCCCCC)OC(=O)CCCCCCCCCCCCCC)OC(=O)CCCCCCCCCCCCCCCCC(C)CC. The summed E-state index contributed by atoms with van der Waals surface area (Å²) in [5.41, 5.74) is 0. The number of rotatable bonds is 70. The third-order valence-corrected chi connectivity index (χ3v) is 18.5. The predicted molar refractivity (Wildman–Crippen MR) is 358 cm³/mol. The van der Waals surface area contributed by atoms with Crippen molar-refractivity contribution in [2.75, 3.05) is 39.6 Å². The molecule has 89 heavy (non-hydrogen) atoms. The van der Waals surface area contributed by atoms with E-state index in [1.54, 1.807) is 0 Å². The normalized spacial score (nSPS) is 14.4. The molecule has 0 bridgehead atoms. The zero-order valence-electron chi connectivity index (χ0n) is 57.6. The van der Waals surface area contributed by atoms with Crippen molar-refractivity contribution in [3.8, 4) is 0 Å². The fourth-order valence-electron chi connectivity index (χ4n) is 10.6. The number of aliphatic hydroxyl groups is 1. The van der Waals surface area contributed by atoms with E-state index >= 15 is 0 Å². The van der Waals surface area contributed by atoms with Gasteiger partial charge in [-0.05, 0) is 31.6 Å². The molecule has 0 aromatic rings. The fraction of sp³-hybridized carbons (Fsp3) is 0.943. The third kappa shape index (κ3) is 63.2. The first-order valence-corrected chi connectivity index (χ1v) is 39.7. The van der Waals surface area contributed by atoms with Crippen molar-refractivity contribution in [1.29, 1.82) is 0 Å². The molecule has 0 aliphatic carbocycles. The number of aliphatic hydroxyl groups excluding tert-OH is 1. The zero-order valence-corrected chi connectivity index (χ0v) is 59.4. The molecule has 0 rings (SSSR count). The van der Waals surface area contributed by atoms with Gasteiger partial charge < -0.3 is 33.8 Å². The molecule has 6 atom stereocenters. The molecule has 0 fully saturated rings. The molecule has 17 nitrogen and oxygen atoms in total. The van der Waals surface area contributed by atoms with Crippen molar-refractivity contribution in [2.24, 2.45) is 5.92 Å². The van der Waals surface area contributed by atoms with Crippen LogP contribution in [0.1, 0.15) is 362 Å². The predicted octanol–water partition coefficient (Wildman–Crippen LogP) is 20.1. The topological polar surface area (TPSA) is 237 Å². The van der Waals surface area contributed by atoms with Crippen LogP contribution >= 0.6 is 15.6 Å². The first-order chi connectivity index (χ1) is 43.1. The van der Waals surface area contributed by atoms with E-state index in [-0.39, 0.29) is 25.7 Å². The number of unbranched alkanes of at least 4 members (excludes halogenated alkanes) is 41. The first-order valence-electron chi connectivity index (χ1n) is 36.7. The maximum atomic E-state index is 13.0. The minimum Gasteiger partial charge on any atom is -0.462 e. The number of carbonyl (C=O) groups is 4. The Balaban J connectivity index is 5.19. The lowest BCUT2D eigenvalue weighted by atomic mass is 9.99. The second kappa shape index (κ2) is 63.5. The van der Waals surface area contributed by atoms with Crippen molar-refractivity contribution in [3.63, 3.8) is 0 Å². The van der Waals surface area contributed by atoms with Gasteiger partial charge in [0.15, 0.2) is 12.2 Å². The van der Waals surface area contributed by atoms with E-state index < -0.39 is 97.5 Å². The number of esters is 4. The van der Waals surface area contributed by atoms with Crippen LogP contribution in [-0.2, 0) is 65.4 Å². The smallest absolute Gasteiger partial charge is 0.462 e. The maximum Gasteiger partial charge on any atom is 0.472 e. The highest BCUT2D eigenvalue weighted by molar-refractivity contribution is 7.47. The Kier molecular flexibility index (Phi) is 62.1. The first kappa shape index (κ1) is 87.1. The average Bonchev–Trinajstić information content (AvgIpc) is 3.69. The monoisotopic (exact) mass is 1310 g/mol. The molecule has 0 saturated carbocycles. The van der Waals surface area contributed by atoms with Crippen LogP contribution in [0.2, 0.25) is 0 Å². The van der Waals surface area contributed by atoms with Crippen molar-refractivity contribution >= 4 is 39.5 Å². The summed E-state index contributed by atoms with van der Waals surface area (Å²) in [6, 6.07) is 0. The van der Waals surface area contributed by atoms with Gasteiger partial charge in [-0.25, -0.2) is 9.13 Å². The van der Waals surface area contributed by atoms with Crippen LogP contribution < -0.4 is 0 Å². The molecule has 0 amide bonds. The third-order valence-electron chi connectivity index (χ3n) is 16.6. The summed E-state index contributed by atoms with van der Waals surface area (Å²) in [5.74, 6) is -1.28. The molecule has 3 N–H and O–H groups in total. The Morgan fingerprint density at radius 1 is 0.315 bits per heavy atom.